The number of amides is 4. The van der Waals surface area contributed by atoms with E-state index in [-0.39, 0.29) is 117 Å². The molecule has 5 atom stereocenters. The second kappa shape index (κ2) is 37.6. The van der Waals surface area contributed by atoms with Gasteiger partial charge in [0.25, 0.3) is 11.8 Å². The molecule has 4 amide bonds. The monoisotopic (exact) mass is 1290 g/mol. The summed E-state index contributed by atoms with van der Waals surface area (Å²) in [5.41, 5.74) is 4.15. The van der Waals surface area contributed by atoms with Gasteiger partial charge in [-0.25, -0.2) is 9.69 Å². The number of fused-ring (bicyclic) bond motifs is 4. The number of Topliss-reactive ketones (excluding diaryl/α,β-unsaturated/α-hetero) is 3. The first-order chi connectivity index (χ1) is 44.5. The molecule has 3 aromatic carbocycles. The van der Waals surface area contributed by atoms with Crippen LogP contribution in [0.25, 0.3) is 0 Å². The molecule has 93 heavy (non-hydrogen) atoms. The Bertz CT molecular complexity index is 3190. The number of carbonyl (C=O) groups is 7. The Morgan fingerprint density at radius 2 is 1.24 bits per heavy atom. The lowest BCUT2D eigenvalue weighted by Gasteiger charge is -2.31. The number of nitrogens with zero attached hydrogens (tertiary/aromatic N) is 4. The minimum atomic E-state index is -1.54. The molecule has 4 heterocycles. The minimum Gasteiger partial charge on any atom is -0.493 e. The number of methoxy groups -OCH3 is 2. The van der Waals surface area contributed by atoms with Crippen LogP contribution in [0.1, 0.15) is 145 Å². The van der Waals surface area contributed by atoms with Gasteiger partial charge in [0.15, 0.2) is 35.0 Å². The van der Waals surface area contributed by atoms with E-state index in [0.717, 1.165) is 16.0 Å². The molecule has 0 saturated carbocycles. The number of allylic oxidation sites excluding steroid dienone is 4. The van der Waals surface area contributed by atoms with Gasteiger partial charge in [-0.3, -0.25) is 33.8 Å². The standard InChI is InChI=1S/C70H91N5O17.CH4/c1-9-16-50-34-52-42-71-58-40-64(62(84-7)38-56(58)67(80)73(52)43-50)90-25-13-12-14-26-91-65-41-59-57(39-63(65)85-8)68(81)74-44-51(17-10-2)35-60(74)69(82)75(59)70(83)92-45-49-21-19-48(20-22-49)36-61(78)47(6)72-66(79)55(46(4)5)37-54(77)23-27-87-29-31-89-33-32-88-30-28-86-24-15-18-53(76)11-3;/h9-10,16-17,19-22,38-44,46-47,52,55,60,69,82H,11-15,18,23-37,45H2,1-8H3,(H,72,79);1H4/b16-9+,17-10+;/t47-,52-,55-,60-,69-;/m0./s1. The molecule has 506 valence electrons. The molecule has 7 rings (SSSR count). The lowest BCUT2D eigenvalue weighted by atomic mass is 9.88. The first-order valence-corrected chi connectivity index (χ1v) is 31.9. The first-order valence-electron chi connectivity index (χ1n) is 31.9. The summed E-state index contributed by atoms with van der Waals surface area (Å²) in [4.78, 5) is 102. The lowest BCUT2D eigenvalue weighted by molar-refractivity contribution is -0.133. The van der Waals surface area contributed by atoms with Crippen LogP contribution in [0.4, 0.5) is 16.2 Å². The van der Waals surface area contributed by atoms with E-state index < -0.39 is 36.2 Å². The average Bonchev–Trinajstić information content (AvgIpc) is 1.64. The zero-order valence-corrected chi connectivity index (χ0v) is 54.4. The van der Waals surface area contributed by atoms with Crippen molar-refractivity contribution in [3.63, 3.8) is 0 Å². The number of aliphatic imine (C=N–C) groups is 1. The summed E-state index contributed by atoms with van der Waals surface area (Å²) >= 11 is 0. The van der Waals surface area contributed by atoms with Crippen LogP contribution in [-0.4, -0.2) is 167 Å². The van der Waals surface area contributed by atoms with Crippen molar-refractivity contribution in [2.45, 2.75) is 151 Å². The highest BCUT2D eigenvalue weighted by Crippen LogP contribution is 2.43. The quantitative estimate of drug-likeness (QED) is 0.0503. The zero-order valence-electron chi connectivity index (χ0n) is 54.4. The highest BCUT2D eigenvalue weighted by Gasteiger charge is 2.45. The number of nitrogens with one attached hydrogen (secondary N) is 1. The van der Waals surface area contributed by atoms with Crippen LogP contribution in [0.3, 0.4) is 0 Å². The van der Waals surface area contributed by atoms with Gasteiger partial charge in [-0.15, -0.1) is 0 Å². The number of carbonyl (C=O) groups excluding carboxylic acids is 7. The summed E-state index contributed by atoms with van der Waals surface area (Å²) in [5.74, 6) is -0.595. The SMILES string of the molecule is C.C/C=C/C1=CN2C(=O)c3cc(OC)c(OCCCCCOc4cc5c(cc4OC)C(=O)N4C=C(/C=C/C)C[C@H]4[C@H](O)N5C(=O)OCc4ccc(CC(=O)[C@H](C)NC(=O)[C@@H](CC(=O)CCOCCOCCOCCOCCCC(=O)CC)C(C)C)cc4)cc3N=C[C@@H]2C1. The predicted molar refractivity (Wildman–Crippen MR) is 352 cm³/mol. The number of ether oxygens (including phenoxy) is 9. The van der Waals surface area contributed by atoms with Gasteiger partial charge in [-0.05, 0) is 99.6 Å². The van der Waals surface area contributed by atoms with Crippen molar-refractivity contribution in [1.82, 2.24) is 15.1 Å². The average molecular weight is 1290 g/mol. The highest BCUT2D eigenvalue weighted by atomic mass is 16.6. The fourth-order valence-corrected chi connectivity index (χ4v) is 11.0. The van der Waals surface area contributed by atoms with Crippen LogP contribution in [0, 0.1) is 11.8 Å². The van der Waals surface area contributed by atoms with Crippen molar-refractivity contribution in [2.24, 2.45) is 16.8 Å². The van der Waals surface area contributed by atoms with Crippen LogP contribution in [-0.2, 0) is 55.9 Å². The topological polar surface area (TPSA) is 257 Å². The van der Waals surface area contributed by atoms with E-state index in [0.29, 0.717) is 132 Å². The van der Waals surface area contributed by atoms with Gasteiger partial charge in [-0.2, -0.15) is 0 Å². The molecule has 4 aliphatic heterocycles. The Hall–Kier alpha value is -8.02. The molecule has 22 nitrogen and oxygen atoms in total. The molecule has 0 spiro atoms. The molecule has 22 heteroatoms. The number of unbranched alkanes of at least 4 members (excludes halogenated alkanes) is 2. The third-order valence-corrected chi connectivity index (χ3v) is 16.2. The Morgan fingerprint density at radius 1 is 0.667 bits per heavy atom. The summed E-state index contributed by atoms with van der Waals surface area (Å²) in [6.07, 6.45) is 15.3. The fourth-order valence-electron chi connectivity index (χ4n) is 11.0. The number of anilines is 1. The normalized spacial score (nSPS) is 17.2. The van der Waals surface area contributed by atoms with Crippen molar-refractivity contribution >= 4 is 58.8 Å². The minimum absolute atomic E-state index is 0. The number of ketones is 3. The molecular weight excluding hydrogens is 1190 g/mol. The largest absolute Gasteiger partial charge is 0.493 e. The summed E-state index contributed by atoms with van der Waals surface area (Å²) < 4.78 is 51.8. The van der Waals surface area contributed by atoms with E-state index in [2.05, 4.69) is 10.3 Å². The van der Waals surface area contributed by atoms with Crippen molar-refractivity contribution in [3.8, 4) is 23.0 Å². The van der Waals surface area contributed by atoms with E-state index in [9.17, 15) is 38.7 Å². The van der Waals surface area contributed by atoms with Gasteiger partial charge in [0, 0.05) is 75.4 Å². The summed E-state index contributed by atoms with van der Waals surface area (Å²) in [7, 11) is 2.98. The summed E-state index contributed by atoms with van der Waals surface area (Å²) in [5, 5.41) is 14.9. The number of hydrogen-bond acceptors (Lipinski definition) is 18. The zero-order chi connectivity index (χ0) is 66.1. The first kappa shape index (κ1) is 74.0. The number of aliphatic hydroxyl groups excluding tert-OH is 1. The molecule has 2 N–H and O–H groups in total. The molecule has 0 bridgehead atoms. The molecule has 0 aliphatic carbocycles. The second-order valence-electron chi connectivity index (χ2n) is 23.3. The number of aliphatic hydroxyl groups is 1. The summed E-state index contributed by atoms with van der Waals surface area (Å²) in [6, 6.07) is 11.4. The van der Waals surface area contributed by atoms with Crippen LogP contribution in [0.2, 0.25) is 0 Å². The maximum absolute atomic E-state index is 14.4. The Morgan fingerprint density at radius 3 is 1.85 bits per heavy atom. The van der Waals surface area contributed by atoms with Gasteiger partial charge < -0.3 is 62.9 Å². The third kappa shape index (κ3) is 21.0. The van der Waals surface area contributed by atoms with Crippen molar-refractivity contribution in [1.29, 1.82) is 0 Å². The van der Waals surface area contributed by atoms with Crippen LogP contribution in [0.5, 0.6) is 23.0 Å². The molecule has 0 saturated heterocycles. The van der Waals surface area contributed by atoms with Gasteiger partial charge in [0.1, 0.15) is 18.2 Å². The Balaban J connectivity index is 0.0000137. The van der Waals surface area contributed by atoms with E-state index in [1.54, 1.807) is 60.6 Å². The molecule has 0 unspecified atom stereocenters. The van der Waals surface area contributed by atoms with E-state index in [1.807, 2.05) is 65.1 Å². The third-order valence-electron chi connectivity index (χ3n) is 16.2. The molecule has 0 aromatic heterocycles. The maximum Gasteiger partial charge on any atom is 0.416 e. The van der Waals surface area contributed by atoms with Crippen LogP contribution < -0.4 is 29.2 Å². The number of rotatable bonds is 39. The molecule has 0 fully saturated rings. The van der Waals surface area contributed by atoms with Gasteiger partial charge in [0.05, 0.1) is 114 Å². The highest BCUT2D eigenvalue weighted by molar-refractivity contribution is 6.07. The number of benzene rings is 3. The van der Waals surface area contributed by atoms with Crippen molar-refractivity contribution in [3.05, 3.63) is 119 Å². The second-order valence-corrected chi connectivity index (χ2v) is 23.3. The fraction of sp³-hybridized carbons (Fsp3) is 0.521. The lowest BCUT2D eigenvalue weighted by Crippen LogP contribution is -2.50. The van der Waals surface area contributed by atoms with Gasteiger partial charge in [-0.1, -0.05) is 76.8 Å². The number of hydrogen-bond donors (Lipinski definition) is 2. The van der Waals surface area contributed by atoms with Crippen molar-refractivity contribution < 1.29 is 81.3 Å². The van der Waals surface area contributed by atoms with E-state index in [1.165, 1.54) is 31.3 Å². The van der Waals surface area contributed by atoms with Crippen LogP contribution in [0.15, 0.2) is 101 Å². The van der Waals surface area contributed by atoms with Gasteiger partial charge >= 0.3 is 6.09 Å². The summed E-state index contributed by atoms with van der Waals surface area (Å²) in [6.45, 7) is 14.3. The van der Waals surface area contributed by atoms with E-state index >= 15 is 0 Å². The maximum atomic E-state index is 14.4. The van der Waals surface area contributed by atoms with E-state index in [4.69, 9.17) is 42.6 Å². The van der Waals surface area contributed by atoms with Gasteiger partial charge in [0.2, 0.25) is 5.91 Å². The Kier molecular flexibility index (Phi) is 29.9. The molecular formula is C71H95N5O17. The molecule has 3 aromatic rings. The Labute approximate surface area is 547 Å². The smallest absolute Gasteiger partial charge is 0.416 e. The molecule has 0 radical (unpaired) electrons. The molecule has 4 aliphatic rings. The van der Waals surface area contributed by atoms with Crippen LogP contribution >= 0.6 is 0 Å². The van der Waals surface area contributed by atoms with Crippen molar-refractivity contribution in [2.75, 3.05) is 85.2 Å². The predicted octanol–water partition coefficient (Wildman–Crippen LogP) is 10.6.